The van der Waals surface area contributed by atoms with Gasteiger partial charge < -0.3 is 4.90 Å². The van der Waals surface area contributed by atoms with E-state index in [4.69, 9.17) is 23.2 Å². The molecular formula is C7H8Cl2N2S2. The van der Waals surface area contributed by atoms with Crippen LogP contribution in [0.2, 0.25) is 8.67 Å². The molecule has 0 amide bonds. The van der Waals surface area contributed by atoms with Crippen LogP contribution < -0.4 is 9.62 Å². The monoisotopic (exact) mass is 254 g/mol. The van der Waals surface area contributed by atoms with Crippen molar-refractivity contribution in [3.05, 3.63) is 8.67 Å². The molecular weight excluding hydrogens is 247 g/mol. The van der Waals surface area contributed by atoms with Gasteiger partial charge in [0.1, 0.15) is 8.67 Å². The molecule has 2 rings (SSSR count). The predicted molar refractivity (Wildman–Crippen MR) is 61.2 cm³/mol. The zero-order valence-electron chi connectivity index (χ0n) is 6.93. The molecule has 0 unspecified atom stereocenters. The lowest BCUT2D eigenvalue weighted by molar-refractivity contribution is 0.789. The Morgan fingerprint density at radius 2 is 2.23 bits per heavy atom. The summed E-state index contributed by atoms with van der Waals surface area (Å²) in [6, 6.07) is 0. The van der Waals surface area contributed by atoms with Gasteiger partial charge in [0.25, 0.3) is 0 Å². The molecule has 0 atom stereocenters. The first-order valence-electron chi connectivity index (χ1n) is 3.86. The first-order chi connectivity index (χ1) is 6.24. The van der Waals surface area contributed by atoms with Gasteiger partial charge in [-0.3, -0.25) is 0 Å². The Labute approximate surface area is 95.3 Å². The van der Waals surface area contributed by atoms with E-state index >= 15 is 0 Å². The van der Waals surface area contributed by atoms with E-state index in [2.05, 4.69) is 16.5 Å². The van der Waals surface area contributed by atoms with E-state index in [1.54, 1.807) is 11.9 Å². The standard InChI is InChI=1S/C7H8Cl2N2S2/c1-2-11-3-10-13-5-4(11)6(8)12-7(5)9/h10H,2-3H2,1H3. The van der Waals surface area contributed by atoms with Crippen molar-refractivity contribution in [3.8, 4) is 0 Å². The molecule has 1 aromatic rings. The minimum atomic E-state index is 0.774. The van der Waals surface area contributed by atoms with Crippen molar-refractivity contribution < 1.29 is 0 Å². The Morgan fingerprint density at radius 3 is 2.92 bits per heavy atom. The van der Waals surface area contributed by atoms with Crippen LogP contribution in [-0.4, -0.2) is 13.2 Å². The summed E-state index contributed by atoms with van der Waals surface area (Å²) in [6.07, 6.45) is 0. The molecule has 0 saturated heterocycles. The third kappa shape index (κ3) is 1.66. The fourth-order valence-corrected chi connectivity index (χ4v) is 4.06. The van der Waals surface area contributed by atoms with E-state index in [0.717, 1.165) is 32.5 Å². The zero-order chi connectivity index (χ0) is 9.42. The molecule has 1 aromatic heterocycles. The van der Waals surface area contributed by atoms with E-state index in [9.17, 15) is 0 Å². The summed E-state index contributed by atoms with van der Waals surface area (Å²) in [6.45, 7) is 3.86. The summed E-state index contributed by atoms with van der Waals surface area (Å²) in [5.74, 6) is 0. The van der Waals surface area contributed by atoms with Crippen molar-refractivity contribution in [1.29, 1.82) is 0 Å². The predicted octanol–water partition coefficient (Wildman–Crippen LogP) is 3.45. The van der Waals surface area contributed by atoms with Crippen LogP contribution in [0.1, 0.15) is 6.92 Å². The largest absolute Gasteiger partial charge is 0.355 e. The van der Waals surface area contributed by atoms with Crippen LogP contribution in [0.4, 0.5) is 5.69 Å². The van der Waals surface area contributed by atoms with Crippen LogP contribution in [0, 0.1) is 0 Å². The molecule has 1 aliphatic heterocycles. The van der Waals surface area contributed by atoms with Gasteiger partial charge in [-0.15, -0.1) is 11.3 Å². The summed E-state index contributed by atoms with van der Waals surface area (Å²) in [5, 5.41) is 0. The molecule has 72 valence electrons. The molecule has 13 heavy (non-hydrogen) atoms. The Morgan fingerprint density at radius 1 is 1.46 bits per heavy atom. The maximum atomic E-state index is 6.09. The second-order valence-electron chi connectivity index (χ2n) is 2.59. The summed E-state index contributed by atoms with van der Waals surface area (Å²) in [5.41, 5.74) is 1.09. The maximum Gasteiger partial charge on any atom is 0.119 e. The Bertz CT molecular complexity index is 327. The van der Waals surface area contributed by atoms with Gasteiger partial charge in [0, 0.05) is 6.54 Å². The van der Waals surface area contributed by atoms with Crippen molar-refractivity contribution in [2.24, 2.45) is 0 Å². The van der Waals surface area contributed by atoms with E-state index in [1.807, 2.05) is 0 Å². The van der Waals surface area contributed by atoms with Gasteiger partial charge in [-0.2, -0.15) is 0 Å². The summed E-state index contributed by atoms with van der Waals surface area (Å²) in [7, 11) is 0. The highest BCUT2D eigenvalue weighted by Gasteiger charge is 2.24. The van der Waals surface area contributed by atoms with Gasteiger partial charge in [-0.25, -0.2) is 4.72 Å². The molecule has 0 saturated carbocycles. The first kappa shape index (κ1) is 9.93. The van der Waals surface area contributed by atoms with E-state index in [1.165, 1.54) is 11.3 Å². The number of hydrogen-bond donors (Lipinski definition) is 1. The van der Waals surface area contributed by atoms with E-state index in [-0.39, 0.29) is 0 Å². The number of rotatable bonds is 1. The highest BCUT2D eigenvalue weighted by molar-refractivity contribution is 7.98. The highest BCUT2D eigenvalue weighted by Crippen LogP contribution is 2.48. The summed E-state index contributed by atoms with van der Waals surface area (Å²) in [4.78, 5) is 3.24. The first-order valence-corrected chi connectivity index (χ1v) is 6.25. The Kier molecular flexibility index (Phi) is 2.95. The van der Waals surface area contributed by atoms with Gasteiger partial charge in [0.15, 0.2) is 0 Å². The van der Waals surface area contributed by atoms with Gasteiger partial charge >= 0.3 is 0 Å². The minimum absolute atomic E-state index is 0.774. The van der Waals surface area contributed by atoms with Gasteiger partial charge in [-0.1, -0.05) is 23.2 Å². The average molecular weight is 255 g/mol. The quantitative estimate of drug-likeness (QED) is 0.774. The molecule has 0 bridgehead atoms. The number of fused-ring (bicyclic) bond motifs is 1. The van der Waals surface area contributed by atoms with Crippen molar-refractivity contribution in [2.45, 2.75) is 11.8 Å². The second-order valence-corrected chi connectivity index (χ2v) is 5.71. The lowest BCUT2D eigenvalue weighted by atomic mass is 10.4. The Balaban J connectivity index is 2.48. The van der Waals surface area contributed by atoms with Crippen molar-refractivity contribution >= 4 is 52.2 Å². The number of hydrogen-bond acceptors (Lipinski definition) is 4. The molecule has 0 aromatic carbocycles. The second kappa shape index (κ2) is 3.87. The van der Waals surface area contributed by atoms with Crippen LogP contribution in [0.3, 0.4) is 0 Å². The van der Waals surface area contributed by atoms with Gasteiger partial charge in [0.2, 0.25) is 0 Å². The fraction of sp³-hybridized carbons (Fsp3) is 0.429. The van der Waals surface area contributed by atoms with Crippen LogP contribution >= 0.6 is 46.5 Å². The molecule has 0 aliphatic carbocycles. The maximum absolute atomic E-state index is 6.09. The summed E-state index contributed by atoms with van der Waals surface area (Å²) < 4.78 is 4.76. The topological polar surface area (TPSA) is 15.3 Å². The molecule has 0 fully saturated rings. The third-order valence-electron chi connectivity index (χ3n) is 1.89. The highest BCUT2D eigenvalue weighted by atomic mass is 35.5. The molecule has 6 heteroatoms. The minimum Gasteiger partial charge on any atom is -0.355 e. The third-order valence-corrected chi connectivity index (χ3v) is 4.59. The van der Waals surface area contributed by atoms with Gasteiger partial charge in [0.05, 0.1) is 17.3 Å². The fourth-order valence-electron chi connectivity index (χ4n) is 1.24. The van der Waals surface area contributed by atoms with Crippen molar-refractivity contribution in [2.75, 3.05) is 18.1 Å². The number of thiophene rings is 1. The number of anilines is 1. The number of nitrogens with one attached hydrogen (secondary N) is 1. The lowest BCUT2D eigenvalue weighted by Crippen LogP contribution is -2.34. The van der Waals surface area contributed by atoms with E-state index in [0.29, 0.717) is 0 Å². The molecule has 2 nitrogen and oxygen atoms in total. The normalized spacial score (nSPS) is 16.1. The number of nitrogens with zero attached hydrogens (tertiary/aromatic N) is 1. The molecule has 0 radical (unpaired) electrons. The summed E-state index contributed by atoms with van der Waals surface area (Å²) >= 11 is 15.1. The van der Waals surface area contributed by atoms with Gasteiger partial charge in [-0.05, 0) is 18.9 Å². The molecule has 1 aliphatic rings. The van der Waals surface area contributed by atoms with Crippen LogP contribution in [-0.2, 0) is 0 Å². The van der Waals surface area contributed by atoms with Crippen LogP contribution in [0.5, 0.6) is 0 Å². The molecule has 0 spiro atoms. The van der Waals surface area contributed by atoms with Crippen molar-refractivity contribution in [1.82, 2.24) is 4.72 Å². The molecule has 2 heterocycles. The zero-order valence-corrected chi connectivity index (χ0v) is 10.1. The van der Waals surface area contributed by atoms with Crippen LogP contribution in [0.15, 0.2) is 4.90 Å². The lowest BCUT2D eigenvalue weighted by Gasteiger charge is -2.28. The average Bonchev–Trinajstić information content (AvgIpc) is 2.43. The SMILES string of the molecule is CCN1CNSc2c(Cl)sc(Cl)c21. The Hall–Kier alpha value is 0.390. The molecule has 1 N–H and O–H groups in total. The van der Waals surface area contributed by atoms with Crippen molar-refractivity contribution in [3.63, 3.8) is 0 Å². The number of halogens is 2. The van der Waals surface area contributed by atoms with E-state index < -0.39 is 0 Å². The van der Waals surface area contributed by atoms with Crippen LogP contribution in [0.25, 0.3) is 0 Å². The smallest absolute Gasteiger partial charge is 0.119 e.